The Kier molecular flexibility index (Phi) is 4.37. The summed E-state index contributed by atoms with van der Waals surface area (Å²) in [6.45, 7) is 2.22. The van der Waals surface area contributed by atoms with Gasteiger partial charge >= 0.3 is 0 Å². The van der Waals surface area contributed by atoms with Gasteiger partial charge in [0.15, 0.2) is 0 Å². The van der Waals surface area contributed by atoms with Crippen LogP contribution < -0.4 is 10.2 Å². The zero-order valence-corrected chi connectivity index (χ0v) is 13.1. The third kappa shape index (κ3) is 3.39. The summed E-state index contributed by atoms with van der Waals surface area (Å²) in [5.41, 5.74) is 3.54. The molecule has 0 atom stereocenters. The van der Waals surface area contributed by atoms with Crippen LogP contribution in [-0.2, 0) is 22.4 Å². The van der Waals surface area contributed by atoms with Gasteiger partial charge in [0.25, 0.3) is 0 Å². The molecule has 0 spiro atoms. The number of pyridine rings is 1. The van der Waals surface area contributed by atoms with E-state index in [1.54, 1.807) is 18.0 Å². The van der Waals surface area contributed by atoms with Gasteiger partial charge in [0.2, 0.25) is 11.8 Å². The van der Waals surface area contributed by atoms with Gasteiger partial charge in [-0.15, -0.1) is 0 Å². The fraction of sp³-hybridized carbons (Fsp3) is 0.278. The molecule has 2 aromatic rings. The van der Waals surface area contributed by atoms with E-state index in [-0.39, 0.29) is 11.8 Å². The van der Waals surface area contributed by atoms with Crippen LogP contribution in [0.2, 0.25) is 0 Å². The molecule has 1 aliphatic rings. The van der Waals surface area contributed by atoms with Crippen molar-refractivity contribution in [2.45, 2.75) is 26.2 Å². The Bertz CT molecular complexity index is 728. The van der Waals surface area contributed by atoms with Crippen LogP contribution in [0.15, 0.2) is 42.6 Å². The Labute approximate surface area is 135 Å². The van der Waals surface area contributed by atoms with E-state index in [0.29, 0.717) is 25.1 Å². The highest BCUT2D eigenvalue weighted by Gasteiger charge is 2.25. The number of nitrogens with zero attached hydrogens (tertiary/aromatic N) is 2. The zero-order chi connectivity index (χ0) is 16.2. The first-order valence-electron chi connectivity index (χ1n) is 7.75. The molecule has 0 saturated heterocycles. The number of hydrogen-bond acceptors (Lipinski definition) is 3. The lowest BCUT2D eigenvalue weighted by Crippen LogP contribution is -2.27. The fourth-order valence-electron chi connectivity index (χ4n) is 2.87. The Morgan fingerprint density at radius 1 is 1.22 bits per heavy atom. The molecule has 1 N–H and O–H groups in total. The Balaban J connectivity index is 1.70. The molecule has 1 aliphatic heterocycles. The number of aryl methyl sites for hydroxylation is 1. The monoisotopic (exact) mass is 309 g/mol. The lowest BCUT2D eigenvalue weighted by Gasteiger charge is -2.19. The van der Waals surface area contributed by atoms with Crippen molar-refractivity contribution in [2.24, 2.45) is 0 Å². The highest BCUT2D eigenvalue weighted by molar-refractivity contribution is 6.02. The van der Waals surface area contributed by atoms with Gasteiger partial charge in [-0.1, -0.05) is 18.2 Å². The van der Waals surface area contributed by atoms with Crippen LogP contribution in [0.4, 0.5) is 11.4 Å². The molecule has 5 nitrogen and oxygen atoms in total. The summed E-state index contributed by atoms with van der Waals surface area (Å²) in [5.74, 6) is -0.0709. The van der Waals surface area contributed by atoms with E-state index in [1.807, 2.05) is 36.4 Å². The Hall–Kier alpha value is -2.69. The van der Waals surface area contributed by atoms with Crippen molar-refractivity contribution in [1.82, 2.24) is 4.98 Å². The molecular weight excluding hydrogens is 290 g/mol. The molecule has 1 aromatic carbocycles. The summed E-state index contributed by atoms with van der Waals surface area (Å²) in [7, 11) is 0. The largest absolute Gasteiger partial charge is 0.324 e. The van der Waals surface area contributed by atoms with Crippen molar-refractivity contribution in [2.75, 3.05) is 16.8 Å². The number of para-hydroxylation sites is 1. The predicted molar refractivity (Wildman–Crippen MR) is 89.4 cm³/mol. The first-order valence-corrected chi connectivity index (χ1v) is 7.75. The van der Waals surface area contributed by atoms with Gasteiger partial charge in [-0.25, -0.2) is 0 Å². The van der Waals surface area contributed by atoms with E-state index < -0.39 is 0 Å². The normalized spacial score (nSPS) is 12.8. The quantitative estimate of drug-likeness (QED) is 0.944. The van der Waals surface area contributed by atoms with E-state index in [1.165, 1.54) is 0 Å². The minimum atomic E-state index is -0.0699. The van der Waals surface area contributed by atoms with Crippen molar-refractivity contribution in [3.8, 4) is 0 Å². The van der Waals surface area contributed by atoms with Crippen LogP contribution >= 0.6 is 0 Å². The Morgan fingerprint density at radius 2 is 2.09 bits per heavy atom. The standard InChI is InChI=1S/C18H19N3O2/c1-13(22)21-12-10-14-5-4-7-16(18(14)21)20-17(23)9-8-15-6-2-3-11-19-15/h2-7,11H,8-10,12H2,1H3,(H,20,23). The van der Waals surface area contributed by atoms with Gasteiger partial charge in [0.1, 0.15) is 0 Å². The number of nitrogens with one attached hydrogen (secondary N) is 1. The molecule has 0 radical (unpaired) electrons. The molecular formula is C18H19N3O2. The predicted octanol–water partition coefficient (Wildman–Crippen LogP) is 2.56. The van der Waals surface area contributed by atoms with E-state index in [2.05, 4.69) is 10.3 Å². The zero-order valence-electron chi connectivity index (χ0n) is 13.1. The summed E-state index contributed by atoms with van der Waals surface area (Å²) in [5, 5.41) is 2.94. The van der Waals surface area contributed by atoms with Crippen LogP contribution in [0, 0.1) is 0 Å². The van der Waals surface area contributed by atoms with E-state index in [9.17, 15) is 9.59 Å². The summed E-state index contributed by atoms with van der Waals surface area (Å²) < 4.78 is 0. The molecule has 23 heavy (non-hydrogen) atoms. The lowest BCUT2D eigenvalue weighted by atomic mass is 10.1. The fourth-order valence-corrected chi connectivity index (χ4v) is 2.87. The van der Waals surface area contributed by atoms with E-state index >= 15 is 0 Å². The van der Waals surface area contributed by atoms with Crippen LogP contribution in [-0.4, -0.2) is 23.3 Å². The van der Waals surface area contributed by atoms with Gasteiger partial charge in [-0.05, 0) is 36.6 Å². The molecule has 0 aliphatic carbocycles. The number of anilines is 2. The van der Waals surface area contributed by atoms with Gasteiger partial charge in [-0.2, -0.15) is 0 Å². The topological polar surface area (TPSA) is 62.3 Å². The first kappa shape index (κ1) is 15.2. The van der Waals surface area contributed by atoms with Crippen molar-refractivity contribution >= 4 is 23.2 Å². The van der Waals surface area contributed by atoms with Gasteiger partial charge in [-0.3, -0.25) is 14.6 Å². The van der Waals surface area contributed by atoms with E-state index in [0.717, 1.165) is 23.4 Å². The second-order valence-corrected chi connectivity index (χ2v) is 5.60. The molecule has 2 heterocycles. The summed E-state index contributed by atoms with van der Waals surface area (Å²) >= 11 is 0. The molecule has 0 fully saturated rings. The van der Waals surface area contributed by atoms with Crippen molar-refractivity contribution in [3.05, 3.63) is 53.9 Å². The number of benzene rings is 1. The number of amides is 2. The maximum atomic E-state index is 12.2. The molecule has 0 unspecified atom stereocenters. The number of rotatable bonds is 4. The van der Waals surface area contributed by atoms with Crippen LogP contribution in [0.1, 0.15) is 24.6 Å². The molecule has 2 amide bonds. The van der Waals surface area contributed by atoms with Crippen molar-refractivity contribution in [3.63, 3.8) is 0 Å². The highest BCUT2D eigenvalue weighted by Crippen LogP contribution is 2.35. The van der Waals surface area contributed by atoms with E-state index in [4.69, 9.17) is 0 Å². The average molecular weight is 309 g/mol. The Morgan fingerprint density at radius 3 is 2.83 bits per heavy atom. The minimum absolute atomic E-state index is 0.000987. The average Bonchev–Trinajstić information content (AvgIpc) is 2.99. The second-order valence-electron chi connectivity index (χ2n) is 5.60. The summed E-state index contributed by atoms with van der Waals surface area (Å²) in [6.07, 6.45) is 3.51. The molecule has 118 valence electrons. The van der Waals surface area contributed by atoms with Crippen molar-refractivity contribution in [1.29, 1.82) is 0 Å². The van der Waals surface area contributed by atoms with Gasteiger partial charge < -0.3 is 10.2 Å². The van der Waals surface area contributed by atoms with Crippen molar-refractivity contribution < 1.29 is 9.59 Å². The number of hydrogen-bond donors (Lipinski definition) is 1. The molecule has 0 saturated carbocycles. The first-order chi connectivity index (χ1) is 11.1. The maximum absolute atomic E-state index is 12.2. The third-order valence-corrected chi connectivity index (χ3v) is 3.98. The third-order valence-electron chi connectivity index (χ3n) is 3.98. The highest BCUT2D eigenvalue weighted by atomic mass is 16.2. The summed E-state index contributed by atoms with van der Waals surface area (Å²) in [6, 6.07) is 11.4. The maximum Gasteiger partial charge on any atom is 0.224 e. The molecule has 3 rings (SSSR count). The smallest absolute Gasteiger partial charge is 0.224 e. The SMILES string of the molecule is CC(=O)N1CCc2cccc(NC(=O)CCc3ccccn3)c21. The molecule has 1 aromatic heterocycles. The number of fused-ring (bicyclic) bond motifs is 1. The van der Waals surface area contributed by atoms with Crippen LogP contribution in [0.25, 0.3) is 0 Å². The molecule has 5 heteroatoms. The minimum Gasteiger partial charge on any atom is -0.324 e. The number of aromatic nitrogens is 1. The van der Waals surface area contributed by atoms with Crippen LogP contribution in [0.3, 0.4) is 0 Å². The summed E-state index contributed by atoms with van der Waals surface area (Å²) in [4.78, 5) is 29.9. The lowest BCUT2D eigenvalue weighted by molar-refractivity contribution is -0.117. The number of carbonyl (C=O) groups is 2. The second kappa shape index (κ2) is 6.60. The van der Waals surface area contributed by atoms with Gasteiger partial charge in [0.05, 0.1) is 11.4 Å². The molecule has 0 bridgehead atoms. The van der Waals surface area contributed by atoms with Crippen LogP contribution in [0.5, 0.6) is 0 Å². The van der Waals surface area contributed by atoms with Gasteiger partial charge in [0, 0.05) is 31.8 Å². The number of carbonyl (C=O) groups excluding carboxylic acids is 2.